The highest BCUT2D eigenvalue weighted by Crippen LogP contribution is 2.35. The van der Waals surface area contributed by atoms with Gasteiger partial charge in [-0.3, -0.25) is 14.5 Å². The Kier molecular flexibility index (Phi) is 5.16. The molecule has 1 aromatic heterocycles. The summed E-state index contributed by atoms with van der Waals surface area (Å²) in [5, 5.41) is 13.3. The number of fused-ring (bicyclic) bond motifs is 1. The van der Waals surface area contributed by atoms with E-state index in [4.69, 9.17) is 0 Å². The van der Waals surface area contributed by atoms with Gasteiger partial charge in [-0.25, -0.2) is 0 Å². The number of H-pyrrole nitrogens is 1. The molecule has 1 amide bonds. The quantitative estimate of drug-likeness (QED) is 0.667. The predicted molar refractivity (Wildman–Crippen MR) is 104 cm³/mol. The third-order valence-electron chi connectivity index (χ3n) is 5.91. The summed E-state index contributed by atoms with van der Waals surface area (Å²) in [5.41, 5.74) is 2.05. The number of aromatic nitrogens is 1. The average molecular weight is 369 g/mol. The molecule has 6 heteroatoms. The van der Waals surface area contributed by atoms with E-state index in [1.165, 1.54) is 12.8 Å². The van der Waals surface area contributed by atoms with Crippen LogP contribution in [0.5, 0.6) is 0 Å². The maximum atomic E-state index is 12.5. The first-order chi connectivity index (χ1) is 13.1. The molecule has 2 atom stereocenters. The van der Waals surface area contributed by atoms with Gasteiger partial charge in [0.25, 0.3) is 0 Å². The molecule has 2 fully saturated rings. The Morgan fingerprint density at radius 2 is 1.93 bits per heavy atom. The summed E-state index contributed by atoms with van der Waals surface area (Å²) in [6.07, 6.45) is 6.82. The Morgan fingerprint density at radius 3 is 2.70 bits per heavy atom. The highest BCUT2D eigenvalue weighted by molar-refractivity contribution is 5.88. The third kappa shape index (κ3) is 4.33. The molecular formula is C21H27N3O3. The van der Waals surface area contributed by atoms with E-state index < -0.39 is 5.97 Å². The Balaban J connectivity index is 1.34. The van der Waals surface area contributed by atoms with Gasteiger partial charge in [0.2, 0.25) is 5.91 Å². The SMILES string of the molecule is O=C(O)C[C@H]1CC[C@@H](CNC(=O)Cc2c[nH]c3ccccc23)N1CC1CC1. The van der Waals surface area contributed by atoms with Crippen LogP contribution in [0.1, 0.15) is 37.7 Å². The van der Waals surface area contributed by atoms with Crippen LogP contribution >= 0.6 is 0 Å². The fraction of sp³-hybridized carbons (Fsp3) is 0.524. The van der Waals surface area contributed by atoms with E-state index in [1.807, 2.05) is 30.5 Å². The summed E-state index contributed by atoms with van der Waals surface area (Å²) in [6.45, 7) is 1.57. The summed E-state index contributed by atoms with van der Waals surface area (Å²) in [6, 6.07) is 8.35. The fourth-order valence-electron chi connectivity index (χ4n) is 4.30. The number of amides is 1. The van der Waals surface area contributed by atoms with Crippen LogP contribution in [0.2, 0.25) is 0 Å². The minimum absolute atomic E-state index is 0.0211. The molecule has 0 spiro atoms. The molecule has 2 aliphatic rings. The maximum Gasteiger partial charge on any atom is 0.304 e. The molecule has 4 rings (SSSR count). The van der Waals surface area contributed by atoms with Crippen molar-refractivity contribution in [3.05, 3.63) is 36.0 Å². The number of benzene rings is 1. The van der Waals surface area contributed by atoms with Crippen LogP contribution in [0.15, 0.2) is 30.5 Å². The van der Waals surface area contributed by atoms with Crippen molar-refractivity contribution in [3.63, 3.8) is 0 Å². The van der Waals surface area contributed by atoms with E-state index >= 15 is 0 Å². The van der Waals surface area contributed by atoms with E-state index in [0.29, 0.717) is 18.9 Å². The molecular weight excluding hydrogens is 342 g/mol. The first-order valence-corrected chi connectivity index (χ1v) is 9.89. The number of carboxylic acid groups (broad SMARTS) is 1. The number of likely N-dealkylation sites (tertiary alicyclic amines) is 1. The average Bonchev–Trinajstić information content (AvgIpc) is 3.27. The molecule has 144 valence electrons. The number of nitrogens with one attached hydrogen (secondary N) is 2. The number of aromatic amines is 1. The zero-order valence-corrected chi connectivity index (χ0v) is 15.5. The summed E-state index contributed by atoms with van der Waals surface area (Å²) in [5.74, 6) is 0.00134. The molecule has 0 unspecified atom stereocenters. The van der Waals surface area contributed by atoms with Gasteiger partial charge in [-0.1, -0.05) is 18.2 Å². The van der Waals surface area contributed by atoms with E-state index in [0.717, 1.165) is 35.9 Å². The smallest absolute Gasteiger partial charge is 0.304 e. The van der Waals surface area contributed by atoms with Crippen LogP contribution in [0.4, 0.5) is 0 Å². The van der Waals surface area contributed by atoms with Crippen molar-refractivity contribution in [2.75, 3.05) is 13.1 Å². The molecule has 0 radical (unpaired) electrons. The number of carbonyl (C=O) groups is 2. The van der Waals surface area contributed by atoms with Crippen LogP contribution in [0.25, 0.3) is 10.9 Å². The van der Waals surface area contributed by atoms with Crippen molar-refractivity contribution < 1.29 is 14.7 Å². The van der Waals surface area contributed by atoms with Gasteiger partial charge in [-0.05, 0) is 43.2 Å². The van der Waals surface area contributed by atoms with E-state index in [2.05, 4.69) is 15.2 Å². The molecule has 0 bridgehead atoms. The highest BCUT2D eigenvalue weighted by atomic mass is 16.4. The number of rotatable bonds is 8. The first-order valence-electron chi connectivity index (χ1n) is 9.89. The van der Waals surface area contributed by atoms with E-state index in [9.17, 15) is 14.7 Å². The van der Waals surface area contributed by atoms with Crippen LogP contribution in [0, 0.1) is 5.92 Å². The molecule has 1 aliphatic carbocycles. The van der Waals surface area contributed by atoms with Crippen molar-refractivity contribution in [2.24, 2.45) is 5.92 Å². The number of nitrogens with zero attached hydrogens (tertiary/aromatic N) is 1. The van der Waals surface area contributed by atoms with Gasteiger partial charge in [0.05, 0.1) is 12.8 Å². The zero-order chi connectivity index (χ0) is 18.8. The molecule has 3 N–H and O–H groups in total. The van der Waals surface area contributed by atoms with Crippen molar-refractivity contribution in [1.29, 1.82) is 0 Å². The molecule has 2 heterocycles. The second-order valence-electron chi connectivity index (χ2n) is 7.96. The van der Waals surface area contributed by atoms with Gasteiger partial charge in [0.15, 0.2) is 0 Å². The predicted octanol–water partition coefficient (Wildman–Crippen LogP) is 2.54. The normalized spacial score (nSPS) is 23.0. The van der Waals surface area contributed by atoms with Gasteiger partial charge in [-0.2, -0.15) is 0 Å². The van der Waals surface area contributed by atoms with Crippen molar-refractivity contribution in [2.45, 2.75) is 50.6 Å². The number of hydrogen-bond donors (Lipinski definition) is 3. The monoisotopic (exact) mass is 369 g/mol. The molecule has 1 aliphatic heterocycles. The third-order valence-corrected chi connectivity index (χ3v) is 5.91. The number of hydrogen-bond acceptors (Lipinski definition) is 3. The lowest BCUT2D eigenvalue weighted by atomic mass is 10.1. The number of para-hydroxylation sites is 1. The molecule has 2 aromatic rings. The summed E-state index contributed by atoms with van der Waals surface area (Å²) < 4.78 is 0. The minimum Gasteiger partial charge on any atom is -0.481 e. The topological polar surface area (TPSA) is 85.4 Å². The molecule has 1 aromatic carbocycles. The largest absolute Gasteiger partial charge is 0.481 e. The van der Waals surface area contributed by atoms with E-state index in [-0.39, 0.29) is 24.4 Å². The van der Waals surface area contributed by atoms with Crippen molar-refractivity contribution in [3.8, 4) is 0 Å². The van der Waals surface area contributed by atoms with Crippen LogP contribution < -0.4 is 5.32 Å². The highest BCUT2D eigenvalue weighted by Gasteiger charge is 2.37. The number of aliphatic carboxylic acids is 1. The summed E-state index contributed by atoms with van der Waals surface area (Å²) in [4.78, 5) is 29.2. The summed E-state index contributed by atoms with van der Waals surface area (Å²) >= 11 is 0. The van der Waals surface area contributed by atoms with Gasteiger partial charge < -0.3 is 15.4 Å². The van der Waals surface area contributed by atoms with Gasteiger partial charge in [0.1, 0.15) is 0 Å². The Morgan fingerprint density at radius 1 is 1.15 bits per heavy atom. The minimum atomic E-state index is -0.732. The molecule has 1 saturated heterocycles. The van der Waals surface area contributed by atoms with Gasteiger partial charge in [0, 0.05) is 42.3 Å². The lowest BCUT2D eigenvalue weighted by Crippen LogP contribution is -2.45. The standard InChI is InChI=1S/C21H27N3O3/c25-20(9-15-11-22-19-4-2-1-3-18(15)19)23-12-17-8-7-16(10-21(26)27)24(17)13-14-5-6-14/h1-4,11,14,16-17,22H,5-10,12-13H2,(H,23,25)(H,26,27)/t16-,17+/m1/s1. The van der Waals surface area contributed by atoms with Crippen LogP contribution in [0.3, 0.4) is 0 Å². The van der Waals surface area contributed by atoms with Crippen LogP contribution in [-0.2, 0) is 16.0 Å². The lowest BCUT2D eigenvalue weighted by Gasteiger charge is -2.29. The Labute approximate surface area is 158 Å². The fourth-order valence-corrected chi connectivity index (χ4v) is 4.30. The van der Waals surface area contributed by atoms with Gasteiger partial charge >= 0.3 is 5.97 Å². The molecule has 1 saturated carbocycles. The second kappa shape index (κ2) is 7.72. The van der Waals surface area contributed by atoms with E-state index in [1.54, 1.807) is 0 Å². The lowest BCUT2D eigenvalue weighted by molar-refractivity contribution is -0.138. The second-order valence-corrected chi connectivity index (χ2v) is 7.96. The summed E-state index contributed by atoms with van der Waals surface area (Å²) in [7, 11) is 0. The first kappa shape index (κ1) is 18.0. The van der Waals surface area contributed by atoms with Crippen molar-refractivity contribution >= 4 is 22.8 Å². The Bertz CT molecular complexity index is 827. The van der Waals surface area contributed by atoms with Gasteiger partial charge in [-0.15, -0.1) is 0 Å². The van der Waals surface area contributed by atoms with Crippen LogP contribution in [-0.4, -0.2) is 52.0 Å². The molecule has 6 nitrogen and oxygen atoms in total. The van der Waals surface area contributed by atoms with Crippen molar-refractivity contribution in [1.82, 2.24) is 15.2 Å². The number of carbonyl (C=O) groups excluding carboxylic acids is 1. The molecule has 27 heavy (non-hydrogen) atoms. The number of carboxylic acids is 1. The zero-order valence-electron chi connectivity index (χ0n) is 15.5. The Hall–Kier alpha value is -2.34. The maximum absolute atomic E-state index is 12.5.